The molecule has 1 atom stereocenters. The summed E-state index contributed by atoms with van der Waals surface area (Å²) < 4.78 is 26.4. The van der Waals surface area contributed by atoms with Gasteiger partial charge < -0.3 is 15.5 Å². The molecule has 1 unspecified atom stereocenters. The van der Waals surface area contributed by atoms with Crippen molar-refractivity contribution in [1.82, 2.24) is 15.5 Å². The van der Waals surface area contributed by atoms with Gasteiger partial charge in [0, 0.05) is 38.2 Å². The lowest BCUT2D eigenvalue weighted by Gasteiger charge is -2.27. The molecule has 4 rings (SSSR count). The van der Waals surface area contributed by atoms with E-state index in [1.54, 1.807) is 19.2 Å². The molecule has 1 saturated heterocycles. The summed E-state index contributed by atoms with van der Waals surface area (Å²) in [6, 6.07) is 8.16. The van der Waals surface area contributed by atoms with E-state index in [-0.39, 0.29) is 37.3 Å². The first-order valence-electron chi connectivity index (χ1n) is 9.43. The summed E-state index contributed by atoms with van der Waals surface area (Å²) in [5.74, 6) is -1.97. The van der Waals surface area contributed by atoms with Gasteiger partial charge in [-0.2, -0.15) is 0 Å². The van der Waals surface area contributed by atoms with Gasteiger partial charge in [0.25, 0.3) is 5.91 Å². The van der Waals surface area contributed by atoms with Gasteiger partial charge in [0.2, 0.25) is 5.91 Å². The van der Waals surface area contributed by atoms with E-state index in [0.717, 1.165) is 17.2 Å². The summed E-state index contributed by atoms with van der Waals surface area (Å²) in [7, 11) is 1.60. The van der Waals surface area contributed by atoms with Crippen molar-refractivity contribution < 1.29 is 23.2 Å². The SMILES string of the molecule is CN1C(=O)NC(=O)C12Cc1ccc(NC(=O)CNCc3cc(F)cc(F)c3)cc1C2.Cl. The van der Waals surface area contributed by atoms with Gasteiger partial charge >= 0.3 is 6.03 Å². The molecule has 2 aromatic carbocycles. The Hall–Kier alpha value is -3.04. The van der Waals surface area contributed by atoms with Crippen LogP contribution in [0.25, 0.3) is 0 Å². The molecule has 0 radical (unpaired) electrons. The molecule has 1 aliphatic carbocycles. The van der Waals surface area contributed by atoms with Gasteiger partial charge in [0.05, 0.1) is 6.54 Å². The molecule has 1 heterocycles. The molecule has 10 heteroatoms. The molecule has 164 valence electrons. The van der Waals surface area contributed by atoms with Crippen LogP contribution in [0.5, 0.6) is 0 Å². The second-order valence-corrected chi connectivity index (χ2v) is 7.62. The van der Waals surface area contributed by atoms with Gasteiger partial charge in [-0.15, -0.1) is 12.4 Å². The molecule has 7 nitrogen and oxygen atoms in total. The van der Waals surface area contributed by atoms with Gasteiger partial charge in [-0.25, -0.2) is 13.6 Å². The molecule has 1 fully saturated rings. The fourth-order valence-electron chi connectivity index (χ4n) is 4.01. The number of carbonyl (C=O) groups excluding carboxylic acids is 3. The van der Waals surface area contributed by atoms with Gasteiger partial charge in [-0.05, 0) is 41.0 Å². The average Bonchev–Trinajstić information content (AvgIpc) is 3.14. The normalized spacial score (nSPS) is 19.3. The number of halogens is 3. The molecule has 0 aromatic heterocycles. The molecular weight excluding hydrogens is 430 g/mol. The zero-order valence-corrected chi connectivity index (χ0v) is 17.4. The number of urea groups is 1. The number of nitrogens with one attached hydrogen (secondary N) is 3. The van der Waals surface area contributed by atoms with Crippen molar-refractivity contribution >= 4 is 35.9 Å². The van der Waals surface area contributed by atoms with Crippen LogP contribution in [0.3, 0.4) is 0 Å². The highest BCUT2D eigenvalue weighted by Crippen LogP contribution is 2.38. The Morgan fingerprint density at radius 1 is 1.10 bits per heavy atom. The number of nitrogens with zero attached hydrogens (tertiary/aromatic N) is 1. The lowest BCUT2D eigenvalue weighted by molar-refractivity contribution is -0.125. The number of likely N-dealkylation sites (N-methyl/N-ethyl adjacent to an activating group) is 1. The molecule has 1 spiro atoms. The maximum atomic E-state index is 13.2. The summed E-state index contributed by atoms with van der Waals surface area (Å²) in [6.45, 7) is 0.100. The first-order chi connectivity index (χ1) is 14.3. The van der Waals surface area contributed by atoms with E-state index in [2.05, 4.69) is 16.0 Å². The number of fused-ring (bicyclic) bond motifs is 1. The average molecular weight is 451 g/mol. The zero-order valence-electron chi connectivity index (χ0n) is 16.6. The van der Waals surface area contributed by atoms with Crippen molar-refractivity contribution in [2.75, 3.05) is 18.9 Å². The minimum atomic E-state index is -0.913. The van der Waals surface area contributed by atoms with Gasteiger partial charge in [0.1, 0.15) is 17.2 Å². The molecule has 4 amide bonds. The van der Waals surface area contributed by atoms with Crippen molar-refractivity contribution in [3.05, 3.63) is 64.7 Å². The number of rotatable bonds is 5. The van der Waals surface area contributed by atoms with Crippen LogP contribution < -0.4 is 16.0 Å². The molecule has 0 bridgehead atoms. The van der Waals surface area contributed by atoms with Gasteiger partial charge in [-0.1, -0.05) is 6.07 Å². The van der Waals surface area contributed by atoms with E-state index >= 15 is 0 Å². The summed E-state index contributed by atoms with van der Waals surface area (Å²) >= 11 is 0. The Morgan fingerprint density at radius 2 is 1.77 bits per heavy atom. The third kappa shape index (κ3) is 4.38. The quantitative estimate of drug-likeness (QED) is 0.609. The monoisotopic (exact) mass is 450 g/mol. The van der Waals surface area contributed by atoms with Crippen LogP contribution in [0, 0.1) is 11.6 Å². The van der Waals surface area contributed by atoms with Crippen molar-refractivity contribution in [1.29, 1.82) is 0 Å². The first-order valence-corrected chi connectivity index (χ1v) is 9.43. The Kier molecular flexibility index (Phi) is 6.28. The van der Waals surface area contributed by atoms with E-state index in [1.165, 1.54) is 17.0 Å². The van der Waals surface area contributed by atoms with Crippen LogP contribution in [0.2, 0.25) is 0 Å². The maximum absolute atomic E-state index is 13.2. The van der Waals surface area contributed by atoms with Crippen molar-refractivity contribution in [3.8, 4) is 0 Å². The molecule has 0 saturated carbocycles. The van der Waals surface area contributed by atoms with Gasteiger partial charge in [0.15, 0.2) is 0 Å². The van der Waals surface area contributed by atoms with Crippen LogP contribution in [0.1, 0.15) is 16.7 Å². The predicted molar refractivity (Wildman–Crippen MR) is 112 cm³/mol. The van der Waals surface area contributed by atoms with Crippen LogP contribution in [0.4, 0.5) is 19.3 Å². The second kappa shape index (κ2) is 8.60. The number of hydrogen-bond donors (Lipinski definition) is 3. The smallest absolute Gasteiger partial charge is 0.324 e. The minimum absolute atomic E-state index is 0. The lowest BCUT2D eigenvalue weighted by atomic mass is 9.95. The number of hydrogen-bond acceptors (Lipinski definition) is 4. The summed E-state index contributed by atoms with van der Waals surface area (Å²) in [5, 5.41) is 7.95. The molecular formula is C21H21ClF2N4O3. The zero-order chi connectivity index (χ0) is 21.5. The second-order valence-electron chi connectivity index (χ2n) is 7.62. The molecule has 31 heavy (non-hydrogen) atoms. The number of benzene rings is 2. The Morgan fingerprint density at radius 3 is 2.42 bits per heavy atom. The lowest BCUT2D eigenvalue weighted by Crippen LogP contribution is -2.48. The third-order valence-electron chi connectivity index (χ3n) is 5.58. The van der Waals surface area contributed by atoms with E-state index in [4.69, 9.17) is 0 Å². The highest BCUT2D eigenvalue weighted by Gasteiger charge is 2.54. The first kappa shape index (κ1) is 22.6. The summed E-state index contributed by atoms with van der Waals surface area (Å²) in [5.41, 5.74) is 1.91. The topological polar surface area (TPSA) is 90.5 Å². The highest BCUT2D eigenvalue weighted by atomic mass is 35.5. The van der Waals surface area contributed by atoms with Crippen LogP contribution >= 0.6 is 12.4 Å². The number of carbonyl (C=O) groups is 3. The molecule has 3 N–H and O–H groups in total. The number of imide groups is 1. The highest BCUT2D eigenvalue weighted by molar-refractivity contribution is 6.07. The maximum Gasteiger partial charge on any atom is 0.324 e. The van der Waals surface area contributed by atoms with E-state index in [9.17, 15) is 23.2 Å². The van der Waals surface area contributed by atoms with E-state index in [0.29, 0.717) is 24.1 Å². The standard InChI is InChI=1S/C21H20F2N4O3.ClH/c1-27-20(30)26-19(29)21(27)8-13-2-3-17(6-14(13)9-21)25-18(28)11-24-10-12-4-15(22)7-16(23)5-12;/h2-7,24H,8-11H2,1H3,(H,25,28)(H,26,29,30);1H. The fraction of sp³-hybridized carbons (Fsp3) is 0.286. The van der Waals surface area contributed by atoms with Crippen LogP contribution in [0.15, 0.2) is 36.4 Å². The summed E-state index contributed by atoms with van der Waals surface area (Å²) in [4.78, 5) is 37.8. The molecule has 2 aliphatic rings. The fourth-order valence-corrected chi connectivity index (χ4v) is 4.01. The predicted octanol–water partition coefficient (Wildman–Crippen LogP) is 2.13. The third-order valence-corrected chi connectivity index (χ3v) is 5.58. The Labute approximate surface area is 183 Å². The van der Waals surface area contributed by atoms with E-state index < -0.39 is 23.2 Å². The van der Waals surface area contributed by atoms with Crippen molar-refractivity contribution in [2.24, 2.45) is 0 Å². The number of amides is 4. The molecule has 1 aliphatic heterocycles. The molecule has 2 aromatic rings. The number of anilines is 1. The summed E-state index contributed by atoms with van der Waals surface area (Å²) in [6.07, 6.45) is 0.805. The van der Waals surface area contributed by atoms with Crippen molar-refractivity contribution in [3.63, 3.8) is 0 Å². The largest absolute Gasteiger partial charge is 0.325 e. The Bertz CT molecular complexity index is 1040. The Balaban J connectivity index is 0.00000272. The van der Waals surface area contributed by atoms with Crippen LogP contribution in [-0.4, -0.2) is 41.9 Å². The van der Waals surface area contributed by atoms with Crippen molar-refractivity contribution in [2.45, 2.75) is 24.9 Å². The van der Waals surface area contributed by atoms with Gasteiger partial charge in [-0.3, -0.25) is 14.9 Å². The van der Waals surface area contributed by atoms with E-state index in [1.807, 2.05) is 6.07 Å². The minimum Gasteiger partial charge on any atom is -0.325 e. The van der Waals surface area contributed by atoms with Crippen LogP contribution in [-0.2, 0) is 29.0 Å².